The fourth-order valence-electron chi connectivity index (χ4n) is 2.30. The Kier molecular flexibility index (Phi) is 4.45. The maximum absolute atomic E-state index is 5.91. The molecule has 96 valence electrons. The van der Waals surface area contributed by atoms with E-state index in [0.29, 0.717) is 0 Å². The van der Waals surface area contributed by atoms with E-state index in [1.54, 1.807) is 0 Å². The Morgan fingerprint density at radius 2 is 1.82 bits per heavy atom. The highest BCUT2D eigenvalue weighted by Gasteiger charge is 2.53. The Labute approximate surface area is 118 Å². The Hall–Kier alpha value is 0.700. The van der Waals surface area contributed by atoms with E-state index in [9.17, 15) is 0 Å². The SMILES string of the molecule is CB1OC(C)(C)C(I)(CCB2OCCCO2)O1. The van der Waals surface area contributed by atoms with Crippen LogP contribution in [0.5, 0.6) is 0 Å². The average molecular weight is 352 g/mol. The summed E-state index contributed by atoms with van der Waals surface area (Å²) in [7, 11) is -0.221. The summed E-state index contributed by atoms with van der Waals surface area (Å²) < 4.78 is 22.5. The number of halogens is 1. The maximum Gasteiger partial charge on any atom is 0.456 e. The lowest BCUT2D eigenvalue weighted by atomic mass is 9.78. The first-order valence-electron chi connectivity index (χ1n) is 6.21. The normalized spacial score (nSPS) is 33.2. The molecule has 2 fully saturated rings. The molecule has 2 aliphatic rings. The minimum Gasteiger partial charge on any atom is -0.411 e. The largest absolute Gasteiger partial charge is 0.456 e. The molecule has 2 saturated heterocycles. The molecule has 0 amide bonds. The lowest BCUT2D eigenvalue weighted by Gasteiger charge is -2.35. The van der Waals surface area contributed by atoms with Gasteiger partial charge in [0.2, 0.25) is 0 Å². The van der Waals surface area contributed by atoms with Gasteiger partial charge in [-0.1, -0.05) is 0 Å². The summed E-state index contributed by atoms with van der Waals surface area (Å²) in [6, 6.07) is 0. The highest BCUT2D eigenvalue weighted by atomic mass is 127. The van der Waals surface area contributed by atoms with Crippen LogP contribution in [0.25, 0.3) is 0 Å². The van der Waals surface area contributed by atoms with E-state index in [2.05, 4.69) is 36.4 Å². The quantitative estimate of drug-likeness (QED) is 0.444. The lowest BCUT2D eigenvalue weighted by molar-refractivity contribution is 0.0545. The van der Waals surface area contributed by atoms with Gasteiger partial charge in [-0.25, -0.2) is 0 Å². The monoisotopic (exact) mass is 352 g/mol. The minimum atomic E-state index is -0.297. The molecule has 0 aromatic heterocycles. The average Bonchev–Trinajstić information content (AvgIpc) is 2.46. The zero-order valence-electron chi connectivity index (χ0n) is 10.7. The predicted molar refractivity (Wildman–Crippen MR) is 76.3 cm³/mol. The molecule has 2 aliphatic heterocycles. The number of hydrogen-bond donors (Lipinski definition) is 0. The van der Waals surface area contributed by atoms with Crippen LogP contribution in [0.4, 0.5) is 0 Å². The van der Waals surface area contributed by atoms with E-state index in [1.807, 2.05) is 6.82 Å². The van der Waals surface area contributed by atoms with Gasteiger partial charge in [-0.15, -0.1) is 0 Å². The van der Waals surface area contributed by atoms with Crippen molar-refractivity contribution in [3.63, 3.8) is 0 Å². The fraction of sp³-hybridized carbons (Fsp3) is 1.00. The molecule has 0 N–H and O–H groups in total. The first kappa shape index (κ1) is 14.1. The van der Waals surface area contributed by atoms with Gasteiger partial charge in [-0.05, 0) is 62.4 Å². The molecule has 4 nitrogen and oxygen atoms in total. The van der Waals surface area contributed by atoms with Gasteiger partial charge in [0.15, 0.2) is 0 Å². The van der Waals surface area contributed by atoms with Crippen LogP contribution in [-0.2, 0) is 18.6 Å². The zero-order valence-corrected chi connectivity index (χ0v) is 12.9. The molecular weight excluding hydrogens is 333 g/mol. The first-order valence-corrected chi connectivity index (χ1v) is 7.29. The number of rotatable bonds is 3. The standard InChI is InChI=1S/C10H19B2IO4/c1-9(2)10(13,17-11(3)16-9)5-6-12-14-7-4-8-15-12/h4-8H2,1-3H3. The molecule has 0 bridgehead atoms. The van der Waals surface area contributed by atoms with Crippen LogP contribution < -0.4 is 0 Å². The molecule has 0 aromatic carbocycles. The summed E-state index contributed by atoms with van der Waals surface area (Å²) in [5.74, 6) is 0. The zero-order chi connectivity index (χ0) is 12.5. The maximum atomic E-state index is 5.91. The minimum absolute atomic E-state index is 0.0781. The van der Waals surface area contributed by atoms with Gasteiger partial charge in [-0.3, -0.25) is 0 Å². The third kappa shape index (κ3) is 3.18. The second-order valence-electron chi connectivity index (χ2n) is 5.11. The van der Waals surface area contributed by atoms with Crippen molar-refractivity contribution in [2.75, 3.05) is 13.2 Å². The fourth-order valence-corrected chi connectivity index (χ4v) is 3.10. The van der Waals surface area contributed by atoms with Crippen molar-refractivity contribution in [1.29, 1.82) is 0 Å². The molecule has 1 unspecified atom stereocenters. The van der Waals surface area contributed by atoms with Gasteiger partial charge < -0.3 is 18.6 Å². The molecule has 17 heavy (non-hydrogen) atoms. The highest BCUT2D eigenvalue weighted by Crippen LogP contribution is 2.46. The molecule has 0 spiro atoms. The molecule has 1 atom stereocenters. The first-order chi connectivity index (χ1) is 7.93. The van der Waals surface area contributed by atoms with Gasteiger partial charge in [0.1, 0.15) is 3.61 Å². The van der Waals surface area contributed by atoms with Crippen LogP contribution in [0.3, 0.4) is 0 Å². The van der Waals surface area contributed by atoms with Crippen molar-refractivity contribution in [2.45, 2.75) is 49.0 Å². The summed E-state index contributed by atoms with van der Waals surface area (Å²) in [5, 5.41) is 0. The predicted octanol–water partition coefficient (Wildman–Crippen LogP) is 2.38. The molecule has 0 aliphatic carbocycles. The topological polar surface area (TPSA) is 36.9 Å². The van der Waals surface area contributed by atoms with Gasteiger partial charge in [0.05, 0.1) is 5.60 Å². The van der Waals surface area contributed by atoms with E-state index in [1.165, 1.54) is 0 Å². The Balaban J connectivity index is 1.88. The third-order valence-corrected chi connectivity index (χ3v) is 5.40. The summed E-state index contributed by atoms with van der Waals surface area (Å²) >= 11 is 2.36. The molecular formula is C10H19B2IO4. The van der Waals surface area contributed by atoms with E-state index in [0.717, 1.165) is 32.4 Å². The van der Waals surface area contributed by atoms with Crippen molar-refractivity contribution < 1.29 is 18.6 Å². The van der Waals surface area contributed by atoms with Crippen LogP contribution in [-0.4, -0.2) is 36.7 Å². The second kappa shape index (κ2) is 5.36. The van der Waals surface area contributed by atoms with Crippen molar-refractivity contribution in [3.05, 3.63) is 0 Å². The van der Waals surface area contributed by atoms with E-state index < -0.39 is 0 Å². The van der Waals surface area contributed by atoms with E-state index in [-0.39, 0.29) is 23.4 Å². The van der Waals surface area contributed by atoms with Gasteiger partial charge in [-0.2, -0.15) is 0 Å². The molecule has 7 heteroatoms. The van der Waals surface area contributed by atoms with Crippen LogP contribution in [0.15, 0.2) is 0 Å². The lowest BCUT2D eigenvalue weighted by Crippen LogP contribution is -2.43. The molecule has 0 radical (unpaired) electrons. The van der Waals surface area contributed by atoms with E-state index in [4.69, 9.17) is 18.6 Å². The highest BCUT2D eigenvalue weighted by molar-refractivity contribution is 14.1. The van der Waals surface area contributed by atoms with Crippen molar-refractivity contribution in [3.8, 4) is 0 Å². The Morgan fingerprint density at radius 3 is 2.35 bits per heavy atom. The Morgan fingerprint density at radius 1 is 1.18 bits per heavy atom. The van der Waals surface area contributed by atoms with Crippen molar-refractivity contribution in [2.24, 2.45) is 0 Å². The third-order valence-electron chi connectivity index (χ3n) is 3.31. The summed E-state index contributed by atoms with van der Waals surface area (Å²) in [5.41, 5.74) is -0.276. The summed E-state index contributed by atoms with van der Waals surface area (Å²) in [6.07, 6.45) is 2.71. The molecule has 2 rings (SSSR count). The number of alkyl halides is 1. The van der Waals surface area contributed by atoms with Crippen LogP contribution in [0.2, 0.25) is 13.1 Å². The molecule has 0 aromatic rings. The van der Waals surface area contributed by atoms with Crippen LogP contribution >= 0.6 is 22.6 Å². The van der Waals surface area contributed by atoms with Crippen molar-refractivity contribution >= 4 is 36.8 Å². The summed E-state index contributed by atoms with van der Waals surface area (Å²) in [6.45, 7) is 7.69. The van der Waals surface area contributed by atoms with Crippen LogP contribution in [0, 0.1) is 0 Å². The van der Waals surface area contributed by atoms with E-state index >= 15 is 0 Å². The summed E-state index contributed by atoms with van der Waals surface area (Å²) in [4.78, 5) is 0. The smallest absolute Gasteiger partial charge is 0.411 e. The number of hydrogen-bond acceptors (Lipinski definition) is 4. The molecule has 0 saturated carbocycles. The van der Waals surface area contributed by atoms with Gasteiger partial charge in [0.25, 0.3) is 0 Å². The Bertz CT molecular complexity index is 273. The van der Waals surface area contributed by atoms with Crippen LogP contribution in [0.1, 0.15) is 26.7 Å². The molecule has 2 heterocycles. The second-order valence-corrected chi connectivity index (χ2v) is 6.85. The van der Waals surface area contributed by atoms with Gasteiger partial charge in [0, 0.05) is 13.2 Å². The van der Waals surface area contributed by atoms with Crippen molar-refractivity contribution in [1.82, 2.24) is 0 Å². The van der Waals surface area contributed by atoms with Gasteiger partial charge >= 0.3 is 14.2 Å².